The first kappa shape index (κ1) is 15.4. The first-order chi connectivity index (χ1) is 9.82. The van der Waals surface area contributed by atoms with Gasteiger partial charge in [0.25, 0.3) is 0 Å². The van der Waals surface area contributed by atoms with Crippen LogP contribution in [0.3, 0.4) is 0 Å². The van der Waals surface area contributed by atoms with E-state index in [1.807, 2.05) is 0 Å². The zero-order valence-electron chi connectivity index (χ0n) is 11.6. The summed E-state index contributed by atoms with van der Waals surface area (Å²) in [5, 5.41) is 20.5. The molecule has 1 atom stereocenters. The number of anilines is 1. The summed E-state index contributed by atoms with van der Waals surface area (Å²) in [6, 6.07) is -1.13. The van der Waals surface area contributed by atoms with Crippen molar-refractivity contribution in [3.05, 3.63) is 21.6 Å². The van der Waals surface area contributed by atoms with E-state index in [0.29, 0.717) is 0 Å². The highest BCUT2D eigenvalue weighted by Gasteiger charge is 2.43. The van der Waals surface area contributed by atoms with E-state index < -0.39 is 16.9 Å². The van der Waals surface area contributed by atoms with E-state index in [2.05, 4.69) is 9.97 Å². The molecule has 21 heavy (non-hydrogen) atoms. The quantitative estimate of drug-likeness (QED) is 0.486. The Morgan fingerprint density at radius 3 is 2.62 bits per heavy atom. The van der Waals surface area contributed by atoms with Crippen LogP contribution in [-0.4, -0.2) is 38.1 Å². The molecule has 0 amide bonds. The monoisotopic (exact) mass is 314 g/mol. The second kappa shape index (κ2) is 5.80. The van der Waals surface area contributed by atoms with E-state index >= 15 is 0 Å². The van der Waals surface area contributed by atoms with Gasteiger partial charge in [0.05, 0.1) is 4.92 Å². The number of aromatic nitrogens is 2. The molecule has 0 spiro atoms. The van der Waals surface area contributed by atoms with Gasteiger partial charge in [0, 0.05) is 6.04 Å². The number of carbonyl (C=O) groups is 1. The van der Waals surface area contributed by atoms with Gasteiger partial charge in [-0.15, -0.1) is 0 Å². The van der Waals surface area contributed by atoms with Gasteiger partial charge < -0.3 is 10.0 Å². The fourth-order valence-electron chi connectivity index (χ4n) is 2.32. The lowest BCUT2D eigenvalue weighted by Crippen LogP contribution is -2.47. The third kappa shape index (κ3) is 3.21. The highest BCUT2D eigenvalue weighted by atomic mass is 35.5. The van der Waals surface area contributed by atoms with Crippen LogP contribution in [0.25, 0.3) is 0 Å². The molecule has 1 aliphatic rings. The number of carboxylic acids is 1. The molecule has 0 aromatic carbocycles. The largest absolute Gasteiger partial charge is 0.480 e. The molecule has 1 aliphatic carbocycles. The van der Waals surface area contributed by atoms with E-state index in [1.54, 1.807) is 13.8 Å². The Balaban J connectivity index is 2.54. The van der Waals surface area contributed by atoms with E-state index in [9.17, 15) is 20.0 Å². The van der Waals surface area contributed by atoms with Crippen molar-refractivity contribution < 1.29 is 14.8 Å². The molecule has 1 fully saturated rings. The number of halogens is 1. The predicted molar refractivity (Wildman–Crippen MR) is 75.5 cm³/mol. The molecule has 1 aromatic rings. The third-order valence-electron chi connectivity index (χ3n) is 3.34. The molecule has 0 saturated heterocycles. The Labute approximate surface area is 125 Å². The minimum absolute atomic E-state index is 0.0294. The molecule has 1 aromatic heterocycles. The highest BCUT2D eigenvalue weighted by molar-refractivity contribution is 6.28. The second-order valence-corrected chi connectivity index (χ2v) is 5.56. The molecule has 1 unspecified atom stereocenters. The SMILES string of the molecule is CC(C)N(c1nc(Cl)ncc1[N+](=O)[O-])C(C(=O)O)C1CC1. The number of aliphatic carboxylic acids is 1. The van der Waals surface area contributed by atoms with Crippen molar-refractivity contribution in [3.8, 4) is 0 Å². The fourth-order valence-corrected chi connectivity index (χ4v) is 2.45. The molecule has 1 saturated carbocycles. The van der Waals surface area contributed by atoms with Crippen molar-refractivity contribution in [2.45, 2.75) is 38.8 Å². The van der Waals surface area contributed by atoms with Gasteiger partial charge in [-0.05, 0) is 44.2 Å². The van der Waals surface area contributed by atoms with Gasteiger partial charge in [0.15, 0.2) is 0 Å². The van der Waals surface area contributed by atoms with E-state index in [4.69, 9.17) is 11.6 Å². The lowest BCUT2D eigenvalue weighted by molar-refractivity contribution is -0.384. The normalized spacial score (nSPS) is 15.8. The van der Waals surface area contributed by atoms with Crippen molar-refractivity contribution in [2.24, 2.45) is 5.92 Å². The van der Waals surface area contributed by atoms with Crippen LogP contribution in [0.4, 0.5) is 11.5 Å². The molecule has 1 N–H and O–H groups in total. The van der Waals surface area contributed by atoms with Crippen LogP contribution in [-0.2, 0) is 4.79 Å². The van der Waals surface area contributed by atoms with Crippen LogP contribution in [0, 0.1) is 16.0 Å². The molecule has 0 bridgehead atoms. The van der Waals surface area contributed by atoms with E-state index in [1.165, 1.54) is 4.90 Å². The summed E-state index contributed by atoms with van der Waals surface area (Å²) in [5.74, 6) is -1.09. The van der Waals surface area contributed by atoms with Crippen molar-refractivity contribution in [3.63, 3.8) is 0 Å². The zero-order chi connectivity index (χ0) is 15.7. The number of rotatable bonds is 6. The second-order valence-electron chi connectivity index (χ2n) is 5.23. The molecule has 1 heterocycles. The van der Waals surface area contributed by atoms with Gasteiger partial charge >= 0.3 is 11.7 Å². The molecule has 0 radical (unpaired) electrons. The summed E-state index contributed by atoms with van der Waals surface area (Å²) in [5.41, 5.74) is -0.347. The first-order valence-corrected chi connectivity index (χ1v) is 6.88. The lowest BCUT2D eigenvalue weighted by Gasteiger charge is -2.33. The van der Waals surface area contributed by atoms with Crippen LogP contribution in [0.1, 0.15) is 26.7 Å². The minimum Gasteiger partial charge on any atom is -0.480 e. The number of hydrogen-bond acceptors (Lipinski definition) is 6. The van der Waals surface area contributed by atoms with E-state index in [-0.39, 0.29) is 28.7 Å². The maximum Gasteiger partial charge on any atom is 0.329 e. The highest BCUT2D eigenvalue weighted by Crippen LogP contribution is 2.40. The minimum atomic E-state index is -1.02. The topological polar surface area (TPSA) is 109 Å². The molecular formula is C12H15ClN4O4. The maximum atomic E-state index is 11.6. The summed E-state index contributed by atoms with van der Waals surface area (Å²) >= 11 is 5.73. The Hall–Kier alpha value is -1.96. The standard InChI is InChI=1S/C12H15ClN4O4/c1-6(2)16(9(11(18)19)7-3-4-7)10-8(17(20)21)5-14-12(13)15-10/h5-7,9H,3-4H2,1-2H3,(H,18,19). The smallest absolute Gasteiger partial charge is 0.329 e. The molecule has 8 nitrogen and oxygen atoms in total. The Morgan fingerprint density at radius 2 is 2.19 bits per heavy atom. The summed E-state index contributed by atoms with van der Waals surface area (Å²) in [7, 11) is 0. The van der Waals surface area contributed by atoms with Crippen molar-refractivity contribution in [1.29, 1.82) is 0 Å². The summed E-state index contributed by atoms with van der Waals surface area (Å²) in [4.78, 5) is 31.1. The fraction of sp³-hybridized carbons (Fsp3) is 0.583. The summed E-state index contributed by atoms with van der Waals surface area (Å²) in [6.45, 7) is 3.52. The molecule has 9 heteroatoms. The van der Waals surface area contributed by atoms with Crippen LogP contribution in [0.5, 0.6) is 0 Å². The van der Waals surface area contributed by atoms with Crippen molar-refractivity contribution in [1.82, 2.24) is 9.97 Å². The van der Waals surface area contributed by atoms with E-state index in [0.717, 1.165) is 19.0 Å². The van der Waals surface area contributed by atoms with Gasteiger partial charge in [-0.25, -0.2) is 9.78 Å². The number of hydrogen-bond donors (Lipinski definition) is 1. The Kier molecular flexibility index (Phi) is 4.26. The average Bonchev–Trinajstić information content (AvgIpc) is 3.18. The van der Waals surface area contributed by atoms with Gasteiger partial charge in [0.1, 0.15) is 12.2 Å². The van der Waals surface area contributed by atoms with Gasteiger partial charge in [0.2, 0.25) is 11.1 Å². The molecule has 2 rings (SSSR count). The Bertz CT molecular complexity index is 576. The number of nitro groups is 1. The number of nitrogens with zero attached hydrogens (tertiary/aromatic N) is 4. The summed E-state index contributed by atoms with van der Waals surface area (Å²) < 4.78 is 0. The van der Waals surface area contributed by atoms with Gasteiger partial charge in [-0.1, -0.05) is 0 Å². The van der Waals surface area contributed by atoms with Crippen LogP contribution < -0.4 is 4.90 Å². The van der Waals surface area contributed by atoms with Gasteiger partial charge in [-0.2, -0.15) is 4.98 Å². The maximum absolute atomic E-state index is 11.6. The van der Waals surface area contributed by atoms with Crippen LogP contribution in [0.15, 0.2) is 6.20 Å². The number of carboxylic acid groups (broad SMARTS) is 1. The predicted octanol–water partition coefficient (Wildman–Crippen LogP) is 2.12. The van der Waals surface area contributed by atoms with Crippen molar-refractivity contribution >= 4 is 29.1 Å². The van der Waals surface area contributed by atoms with Crippen molar-refractivity contribution in [2.75, 3.05) is 4.90 Å². The third-order valence-corrected chi connectivity index (χ3v) is 3.52. The van der Waals surface area contributed by atoms with Crippen LogP contribution in [0.2, 0.25) is 5.28 Å². The zero-order valence-corrected chi connectivity index (χ0v) is 12.3. The molecule has 0 aliphatic heterocycles. The van der Waals surface area contributed by atoms with Crippen LogP contribution >= 0.6 is 11.6 Å². The lowest BCUT2D eigenvalue weighted by atomic mass is 10.1. The first-order valence-electron chi connectivity index (χ1n) is 6.51. The molecular weight excluding hydrogens is 300 g/mol. The Morgan fingerprint density at radius 1 is 1.57 bits per heavy atom. The molecule has 114 valence electrons. The summed E-state index contributed by atoms with van der Waals surface area (Å²) in [6.07, 6.45) is 2.57. The van der Waals surface area contributed by atoms with Gasteiger partial charge in [-0.3, -0.25) is 10.1 Å². The average molecular weight is 315 g/mol.